The summed E-state index contributed by atoms with van der Waals surface area (Å²) in [6, 6.07) is 14.3. The van der Waals surface area contributed by atoms with Crippen LogP contribution in [0.25, 0.3) is 0 Å². The van der Waals surface area contributed by atoms with Crippen molar-refractivity contribution in [2.45, 2.75) is 68.2 Å². The van der Waals surface area contributed by atoms with Crippen LogP contribution in [0.1, 0.15) is 38.7 Å². The van der Waals surface area contributed by atoms with Crippen molar-refractivity contribution in [3.05, 3.63) is 71.3 Å². The number of likely N-dealkylation sites (tertiary alicyclic amines) is 1. The zero-order chi connectivity index (χ0) is 29.6. The van der Waals surface area contributed by atoms with Gasteiger partial charge in [0.2, 0.25) is 17.7 Å². The molecule has 9 heteroatoms. The van der Waals surface area contributed by atoms with Crippen molar-refractivity contribution in [1.29, 1.82) is 0 Å². The second-order valence-electron chi connectivity index (χ2n) is 12.2. The highest BCUT2D eigenvalue weighted by molar-refractivity contribution is 7.98. The van der Waals surface area contributed by atoms with Gasteiger partial charge >= 0.3 is 0 Å². The molecule has 2 saturated heterocycles. The molecule has 3 aliphatic heterocycles. The molecule has 2 N–H and O–H groups in total. The molecule has 4 aliphatic rings. The van der Waals surface area contributed by atoms with Gasteiger partial charge in [0.25, 0.3) is 0 Å². The van der Waals surface area contributed by atoms with Gasteiger partial charge in [0.1, 0.15) is 11.6 Å². The number of hydrogen-bond acceptors (Lipinski definition) is 5. The van der Waals surface area contributed by atoms with E-state index in [4.69, 9.17) is 16.3 Å². The number of carbonyl (C=O) groups is 3. The summed E-state index contributed by atoms with van der Waals surface area (Å²) in [6.07, 6.45) is 8.83. The molecule has 0 radical (unpaired) electrons. The number of amides is 3. The minimum absolute atomic E-state index is 0.0373. The Balaban J connectivity index is 1.29. The molecule has 1 saturated carbocycles. The predicted molar refractivity (Wildman–Crippen MR) is 165 cm³/mol. The third kappa shape index (κ3) is 5.16. The highest BCUT2D eigenvalue weighted by atomic mass is 35.5. The van der Waals surface area contributed by atoms with Crippen molar-refractivity contribution in [2.75, 3.05) is 18.1 Å². The normalized spacial score (nSPS) is 33.1. The molecule has 2 bridgehead atoms. The van der Waals surface area contributed by atoms with Gasteiger partial charge in [-0.1, -0.05) is 68.6 Å². The van der Waals surface area contributed by atoms with E-state index in [0.29, 0.717) is 35.5 Å². The zero-order valence-corrected chi connectivity index (χ0v) is 25.8. The third-order valence-electron chi connectivity index (χ3n) is 9.85. The molecule has 3 amide bonds. The summed E-state index contributed by atoms with van der Waals surface area (Å²) in [5.41, 5.74) is 0.505. The van der Waals surface area contributed by atoms with Crippen molar-refractivity contribution < 1.29 is 19.1 Å². The molecule has 1 aliphatic carbocycles. The highest BCUT2D eigenvalue weighted by Crippen LogP contribution is 2.55. The van der Waals surface area contributed by atoms with Crippen molar-refractivity contribution >= 4 is 46.8 Å². The Hall–Kier alpha value is -2.81. The van der Waals surface area contributed by atoms with Crippen LogP contribution in [0.4, 0.5) is 5.69 Å². The number of hydrogen-bond donors (Lipinski definition) is 2. The second kappa shape index (κ2) is 11.7. The first kappa shape index (κ1) is 29.3. The lowest BCUT2D eigenvalue weighted by Gasteiger charge is -2.38. The van der Waals surface area contributed by atoms with Gasteiger partial charge in [0, 0.05) is 28.2 Å². The number of nitrogens with one attached hydrogen (secondary N) is 2. The van der Waals surface area contributed by atoms with Gasteiger partial charge in [-0.3, -0.25) is 14.4 Å². The first-order valence-electron chi connectivity index (χ1n) is 14.9. The van der Waals surface area contributed by atoms with Crippen LogP contribution in [-0.2, 0) is 25.5 Å². The topological polar surface area (TPSA) is 87.7 Å². The quantitative estimate of drug-likeness (QED) is 0.313. The molecular weight excluding hydrogens is 570 g/mol. The van der Waals surface area contributed by atoms with E-state index in [1.807, 2.05) is 66.9 Å². The molecule has 0 aromatic heterocycles. The maximum absolute atomic E-state index is 14.3. The Labute approximate surface area is 256 Å². The average molecular weight is 608 g/mol. The highest BCUT2D eigenvalue weighted by Gasteiger charge is 2.72. The maximum Gasteiger partial charge on any atom is 0.246 e. The molecule has 42 heavy (non-hydrogen) atoms. The molecule has 8 atom stereocenters. The molecule has 2 aromatic rings. The molecule has 3 heterocycles. The Bertz CT molecular complexity index is 1400. The van der Waals surface area contributed by atoms with Gasteiger partial charge in [-0.2, -0.15) is 0 Å². The molecule has 3 fully saturated rings. The number of benzene rings is 2. The summed E-state index contributed by atoms with van der Waals surface area (Å²) in [5, 5.41) is 6.98. The number of nitrogens with zero attached hydrogens (tertiary/aromatic N) is 1. The fourth-order valence-electron chi connectivity index (χ4n) is 7.38. The van der Waals surface area contributed by atoms with E-state index in [0.717, 1.165) is 29.7 Å². The number of ether oxygens (including phenoxy) is 1. The van der Waals surface area contributed by atoms with E-state index in [9.17, 15) is 14.4 Å². The minimum atomic E-state index is -1.18. The second-order valence-corrected chi connectivity index (χ2v) is 13.5. The molecule has 1 spiro atoms. The van der Waals surface area contributed by atoms with Crippen LogP contribution >= 0.6 is 23.4 Å². The summed E-state index contributed by atoms with van der Waals surface area (Å²) < 4.78 is 6.52. The van der Waals surface area contributed by atoms with Crippen LogP contribution in [0, 0.1) is 23.7 Å². The largest absolute Gasteiger partial charge is 0.359 e. The van der Waals surface area contributed by atoms with Crippen LogP contribution in [0.3, 0.4) is 0 Å². The van der Waals surface area contributed by atoms with Gasteiger partial charge in [0.15, 0.2) is 0 Å². The number of rotatable bonds is 8. The van der Waals surface area contributed by atoms with Crippen LogP contribution in [0.15, 0.2) is 65.6 Å². The van der Waals surface area contributed by atoms with E-state index >= 15 is 0 Å². The van der Waals surface area contributed by atoms with E-state index in [1.54, 1.807) is 16.7 Å². The Kier molecular flexibility index (Phi) is 8.15. The van der Waals surface area contributed by atoms with Gasteiger partial charge < -0.3 is 20.3 Å². The summed E-state index contributed by atoms with van der Waals surface area (Å²) in [7, 11) is 0. The SMILES string of the molecule is CSc1cccc(NC(=O)C2C3C=CC4(O3)C2C(=O)N(CCc2ccc(Cl)cc2)C4C(=O)NC2CCCC(C)C2C)c1. The summed E-state index contributed by atoms with van der Waals surface area (Å²) >= 11 is 7.68. The van der Waals surface area contributed by atoms with Gasteiger partial charge in [-0.15, -0.1) is 11.8 Å². The van der Waals surface area contributed by atoms with E-state index in [2.05, 4.69) is 24.5 Å². The lowest BCUT2D eigenvalue weighted by atomic mass is 9.73. The van der Waals surface area contributed by atoms with Crippen LogP contribution in [0.2, 0.25) is 5.02 Å². The number of anilines is 1. The molecule has 8 unspecified atom stereocenters. The van der Waals surface area contributed by atoms with Gasteiger partial charge in [-0.05, 0) is 66.8 Å². The molecule has 6 rings (SSSR count). The average Bonchev–Trinajstić information content (AvgIpc) is 3.62. The lowest BCUT2D eigenvalue weighted by Crippen LogP contribution is -2.58. The zero-order valence-electron chi connectivity index (χ0n) is 24.2. The maximum atomic E-state index is 14.3. The summed E-state index contributed by atoms with van der Waals surface area (Å²) in [6.45, 7) is 4.76. The smallest absolute Gasteiger partial charge is 0.246 e. The summed E-state index contributed by atoms with van der Waals surface area (Å²) in [4.78, 5) is 44.9. The molecule has 222 valence electrons. The van der Waals surface area contributed by atoms with E-state index in [-0.39, 0.29) is 23.8 Å². The standard InChI is InChI=1S/C33H38ClN3O4S/c1-19-6-4-9-25(20(19)2)36-31(39)29-33-16-14-26(41-33)27(30(38)35-23-7-5-8-24(18-23)42-3)28(33)32(40)37(29)17-15-21-10-12-22(34)13-11-21/h5,7-8,10-14,16,18-20,25-29H,4,6,9,15,17H2,1-3H3,(H,35,38)(H,36,39). The number of thioether (sulfide) groups is 1. The number of fused-ring (bicyclic) bond motifs is 1. The first-order chi connectivity index (χ1) is 20.2. The Morgan fingerprint density at radius 1 is 1.12 bits per heavy atom. The number of carbonyl (C=O) groups excluding carboxylic acids is 3. The molecule has 7 nitrogen and oxygen atoms in total. The Morgan fingerprint density at radius 2 is 1.90 bits per heavy atom. The Morgan fingerprint density at radius 3 is 2.67 bits per heavy atom. The van der Waals surface area contributed by atoms with Crippen molar-refractivity contribution in [3.63, 3.8) is 0 Å². The minimum Gasteiger partial charge on any atom is -0.359 e. The van der Waals surface area contributed by atoms with Crippen molar-refractivity contribution in [3.8, 4) is 0 Å². The summed E-state index contributed by atoms with van der Waals surface area (Å²) in [5.74, 6) is -1.34. The fraction of sp³-hybridized carbons (Fsp3) is 0.485. The van der Waals surface area contributed by atoms with Gasteiger partial charge in [-0.25, -0.2) is 0 Å². The van der Waals surface area contributed by atoms with Crippen LogP contribution in [0.5, 0.6) is 0 Å². The first-order valence-corrected chi connectivity index (χ1v) is 16.5. The predicted octanol–water partition coefficient (Wildman–Crippen LogP) is 5.33. The lowest BCUT2D eigenvalue weighted by molar-refractivity contribution is -0.141. The van der Waals surface area contributed by atoms with E-state index < -0.39 is 29.6 Å². The monoisotopic (exact) mass is 607 g/mol. The van der Waals surface area contributed by atoms with Crippen LogP contribution < -0.4 is 10.6 Å². The van der Waals surface area contributed by atoms with Crippen molar-refractivity contribution in [2.24, 2.45) is 23.7 Å². The van der Waals surface area contributed by atoms with E-state index in [1.165, 1.54) is 0 Å². The fourth-order valence-corrected chi connectivity index (χ4v) is 7.97. The van der Waals surface area contributed by atoms with Crippen LogP contribution in [-0.4, -0.2) is 59.2 Å². The number of halogens is 1. The molecule has 2 aromatic carbocycles. The van der Waals surface area contributed by atoms with Gasteiger partial charge in [0.05, 0.1) is 17.9 Å². The molecular formula is C33H38ClN3O4S. The third-order valence-corrected chi connectivity index (χ3v) is 10.8. The van der Waals surface area contributed by atoms with Crippen molar-refractivity contribution in [1.82, 2.24) is 10.2 Å².